The molecule has 1 atom stereocenters. The lowest BCUT2D eigenvalue weighted by Crippen LogP contribution is -2.40. The highest BCUT2D eigenvalue weighted by molar-refractivity contribution is 5.76. The molecule has 1 amide bonds. The molecular weight excluding hydrogens is 256 g/mol. The summed E-state index contributed by atoms with van der Waals surface area (Å²) in [6.07, 6.45) is 1.46. The maximum absolute atomic E-state index is 12.2. The van der Waals surface area contributed by atoms with Crippen LogP contribution in [0.25, 0.3) is 0 Å². The lowest BCUT2D eigenvalue weighted by Gasteiger charge is -2.30. The summed E-state index contributed by atoms with van der Waals surface area (Å²) in [5.41, 5.74) is -1.01. The van der Waals surface area contributed by atoms with Gasteiger partial charge in [-0.15, -0.1) is 0 Å². The molecular formula is C15H28N2O3. The summed E-state index contributed by atoms with van der Waals surface area (Å²) in [6.45, 7) is 11.5. The SMILES string of the molecule is CC1(C)CN(C(=O)CCCN2CCOCC2)C[C@]1(C)O. The first-order valence-corrected chi connectivity index (χ1v) is 7.62. The fourth-order valence-electron chi connectivity index (χ4n) is 2.90. The van der Waals surface area contributed by atoms with Crippen LogP contribution in [0.1, 0.15) is 33.6 Å². The first-order chi connectivity index (χ1) is 9.32. The molecule has 0 spiro atoms. The molecule has 0 bridgehead atoms. The number of ether oxygens (including phenoxy) is 1. The first kappa shape index (κ1) is 15.7. The van der Waals surface area contributed by atoms with Gasteiger partial charge in [0.05, 0.1) is 18.8 Å². The Morgan fingerprint density at radius 1 is 1.20 bits per heavy atom. The largest absolute Gasteiger partial charge is 0.388 e. The third kappa shape index (κ3) is 3.51. The van der Waals surface area contributed by atoms with Crippen molar-refractivity contribution in [2.45, 2.75) is 39.2 Å². The van der Waals surface area contributed by atoms with Gasteiger partial charge in [0.1, 0.15) is 0 Å². The summed E-state index contributed by atoms with van der Waals surface area (Å²) < 4.78 is 5.31. The molecule has 2 fully saturated rings. The molecule has 0 aromatic carbocycles. The smallest absolute Gasteiger partial charge is 0.222 e. The van der Waals surface area contributed by atoms with Crippen molar-refractivity contribution in [3.05, 3.63) is 0 Å². The third-order valence-electron chi connectivity index (χ3n) is 4.86. The summed E-state index contributed by atoms with van der Waals surface area (Å²) in [4.78, 5) is 16.4. The Bertz CT molecular complexity index is 333. The van der Waals surface area contributed by atoms with Gasteiger partial charge in [-0.3, -0.25) is 9.69 Å². The lowest BCUT2D eigenvalue weighted by atomic mass is 9.79. The van der Waals surface area contributed by atoms with Crippen LogP contribution in [0.15, 0.2) is 0 Å². The molecule has 2 aliphatic rings. The Hall–Kier alpha value is -0.650. The highest BCUT2D eigenvalue weighted by atomic mass is 16.5. The van der Waals surface area contributed by atoms with Crippen LogP contribution in [0.4, 0.5) is 0 Å². The molecule has 1 N–H and O–H groups in total. The Morgan fingerprint density at radius 2 is 1.85 bits per heavy atom. The molecule has 0 saturated carbocycles. The van der Waals surface area contributed by atoms with Crippen LogP contribution >= 0.6 is 0 Å². The highest BCUT2D eigenvalue weighted by Gasteiger charge is 2.48. The maximum atomic E-state index is 12.2. The Morgan fingerprint density at radius 3 is 2.40 bits per heavy atom. The summed E-state index contributed by atoms with van der Waals surface area (Å²) in [6, 6.07) is 0. The molecule has 2 saturated heterocycles. The lowest BCUT2D eigenvalue weighted by molar-refractivity contribution is -0.131. The molecule has 0 aromatic heterocycles. The minimum Gasteiger partial charge on any atom is -0.388 e. The zero-order valence-electron chi connectivity index (χ0n) is 13.0. The minimum atomic E-state index is -0.785. The van der Waals surface area contributed by atoms with Crippen molar-refractivity contribution >= 4 is 5.91 Å². The molecule has 0 aromatic rings. The summed E-state index contributed by atoms with van der Waals surface area (Å²) in [5, 5.41) is 10.4. The molecule has 2 aliphatic heterocycles. The van der Waals surface area contributed by atoms with E-state index in [0.29, 0.717) is 19.5 Å². The van der Waals surface area contributed by atoms with Gasteiger partial charge in [0.25, 0.3) is 0 Å². The predicted molar refractivity (Wildman–Crippen MR) is 77.5 cm³/mol. The highest BCUT2D eigenvalue weighted by Crippen LogP contribution is 2.38. The van der Waals surface area contributed by atoms with Crippen LogP contribution < -0.4 is 0 Å². The zero-order valence-corrected chi connectivity index (χ0v) is 13.0. The molecule has 0 unspecified atom stereocenters. The normalized spacial score (nSPS) is 30.7. The van der Waals surface area contributed by atoms with Crippen molar-refractivity contribution in [3.63, 3.8) is 0 Å². The average molecular weight is 284 g/mol. The topological polar surface area (TPSA) is 53.0 Å². The first-order valence-electron chi connectivity index (χ1n) is 7.62. The third-order valence-corrected chi connectivity index (χ3v) is 4.86. The number of β-amino-alcohol motifs (C(OH)–C–C–N with tert-alkyl or cyclic N) is 1. The van der Waals surface area contributed by atoms with E-state index in [1.165, 1.54) is 0 Å². The van der Waals surface area contributed by atoms with Crippen molar-refractivity contribution in [3.8, 4) is 0 Å². The van der Waals surface area contributed by atoms with Gasteiger partial charge in [-0.1, -0.05) is 13.8 Å². The molecule has 5 heteroatoms. The maximum Gasteiger partial charge on any atom is 0.222 e. The van der Waals surface area contributed by atoms with Crippen molar-refractivity contribution in [1.29, 1.82) is 0 Å². The Balaban J connectivity index is 1.73. The van der Waals surface area contributed by atoms with Gasteiger partial charge < -0.3 is 14.7 Å². The summed E-state index contributed by atoms with van der Waals surface area (Å²) >= 11 is 0. The van der Waals surface area contributed by atoms with Crippen LogP contribution in [0.2, 0.25) is 0 Å². The van der Waals surface area contributed by atoms with Gasteiger partial charge in [-0.25, -0.2) is 0 Å². The number of amides is 1. The average Bonchev–Trinajstić information content (AvgIpc) is 2.60. The number of nitrogens with zero attached hydrogens (tertiary/aromatic N) is 2. The second kappa shape index (κ2) is 6.00. The number of carbonyl (C=O) groups is 1. The van der Waals surface area contributed by atoms with Crippen LogP contribution in [0.3, 0.4) is 0 Å². The number of carbonyl (C=O) groups excluding carboxylic acids is 1. The molecule has 2 heterocycles. The number of likely N-dealkylation sites (tertiary alicyclic amines) is 1. The van der Waals surface area contributed by atoms with E-state index in [0.717, 1.165) is 39.3 Å². The second-order valence-electron chi connectivity index (χ2n) is 6.97. The van der Waals surface area contributed by atoms with Gasteiger partial charge in [0.15, 0.2) is 0 Å². The van der Waals surface area contributed by atoms with Gasteiger partial charge >= 0.3 is 0 Å². The van der Waals surface area contributed by atoms with Crippen molar-refractivity contribution in [1.82, 2.24) is 9.80 Å². The molecule has 116 valence electrons. The van der Waals surface area contributed by atoms with E-state index in [2.05, 4.69) is 4.90 Å². The Labute approximate surface area is 121 Å². The monoisotopic (exact) mass is 284 g/mol. The van der Waals surface area contributed by atoms with Crippen LogP contribution in [-0.2, 0) is 9.53 Å². The van der Waals surface area contributed by atoms with Crippen molar-refractivity contribution in [2.75, 3.05) is 45.9 Å². The summed E-state index contributed by atoms with van der Waals surface area (Å²) in [5.74, 6) is 0.170. The quantitative estimate of drug-likeness (QED) is 0.826. The van der Waals surface area contributed by atoms with E-state index < -0.39 is 5.60 Å². The van der Waals surface area contributed by atoms with E-state index in [1.54, 1.807) is 0 Å². The van der Waals surface area contributed by atoms with E-state index >= 15 is 0 Å². The van der Waals surface area contributed by atoms with E-state index in [-0.39, 0.29) is 11.3 Å². The van der Waals surface area contributed by atoms with Crippen molar-refractivity contribution < 1.29 is 14.6 Å². The molecule has 5 nitrogen and oxygen atoms in total. The van der Waals surface area contributed by atoms with Gasteiger partial charge in [0.2, 0.25) is 5.91 Å². The summed E-state index contributed by atoms with van der Waals surface area (Å²) in [7, 11) is 0. The molecule has 20 heavy (non-hydrogen) atoms. The van der Waals surface area contributed by atoms with Gasteiger partial charge in [0, 0.05) is 38.0 Å². The van der Waals surface area contributed by atoms with E-state index in [4.69, 9.17) is 4.74 Å². The molecule has 0 aliphatic carbocycles. The second-order valence-corrected chi connectivity index (χ2v) is 6.97. The standard InChI is InChI=1S/C15H28N2O3/c1-14(2)11-17(12-15(14,3)19)13(18)5-4-6-16-7-9-20-10-8-16/h19H,4-12H2,1-3H3/t15-/m0/s1. The molecule has 0 radical (unpaired) electrons. The Kier molecular flexibility index (Phi) is 4.72. The van der Waals surface area contributed by atoms with Crippen LogP contribution in [0.5, 0.6) is 0 Å². The zero-order chi connectivity index (χ0) is 14.8. The van der Waals surface area contributed by atoms with Gasteiger partial charge in [-0.05, 0) is 19.9 Å². The number of rotatable bonds is 4. The number of hydrogen-bond acceptors (Lipinski definition) is 4. The van der Waals surface area contributed by atoms with Crippen molar-refractivity contribution in [2.24, 2.45) is 5.41 Å². The molecule has 2 rings (SSSR count). The van der Waals surface area contributed by atoms with Gasteiger partial charge in [-0.2, -0.15) is 0 Å². The fraction of sp³-hybridized carbons (Fsp3) is 0.933. The number of hydrogen-bond donors (Lipinski definition) is 1. The van der Waals surface area contributed by atoms with E-state index in [9.17, 15) is 9.90 Å². The van der Waals surface area contributed by atoms with Crippen LogP contribution in [-0.4, -0.2) is 72.4 Å². The number of aliphatic hydroxyl groups is 1. The minimum absolute atomic E-state index is 0.170. The van der Waals surface area contributed by atoms with Crippen LogP contribution in [0, 0.1) is 5.41 Å². The predicted octanol–water partition coefficient (Wildman–Crippen LogP) is 0.718. The van der Waals surface area contributed by atoms with E-state index in [1.807, 2.05) is 25.7 Å². The fourth-order valence-corrected chi connectivity index (χ4v) is 2.90. The number of morpholine rings is 1.